The fraction of sp³-hybridized carbons (Fsp3) is 0.400. The molecule has 3 nitrogen and oxygen atoms in total. The van der Waals surface area contributed by atoms with Crippen molar-refractivity contribution in [3.63, 3.8) is 0 Å². The van der Waals surface area contributed by atoms with Gasteiger partial charge in [-0.05, 0) is 62.9 Å². The number of rotatable bonds is 4. The van der Waals surface area contributed by atoms with Crippen LogP contribution in [0, 0.1) is 0 Å². The van der Waals surface area contributed by atoms with Gasteiger partial charge < -0.3 is 10.1 Å². The van der Waals surface area contributed by atoms with Crippen molar-refractivity contribution in [2.45, 2.75) is 38.7 Å². The van der Waals surface area contributed by atoms with Gasteiger partial charge in [-0.1, -0.05) is 6.08 Å². The summed E-state index contributed by atoms with van der Waals surface area (Å²) in [5, 5.41) is 2.78. The first kappa shape index (κ1) is 12.7. The number of carbonyl (C=O) groups is 1. The summed E-state index contributed by atoms with van der Waals surface area (Å²) in [6, 6.07) is 7.55. The molecule has 18 heavy (non-hydrogen) atoms. The predicted molar refractivity (Wildman–Crippen MR) is 72.8 cm³/mol. The van der Waals surface area contributed by atoms with Crippen LogP contribution in [0.25, 0.3) is 0 Å². The van der Waals surface area contributed by atoms with Gasteiger partial charge in [0.15, 0.2) is 0 Å². The van der Waals surface area contributed by atoms with E-state index in [-0.39, 0.29) is 5.91 Å². The van der Waals surface area contributed by atoms with Crippen LogP contribution in [-0.4, -0.2) is 12.0 Å². The Labute approximate surface area is 108 Å². The molecule has 0 spiro atoms. The highest BCUT2D eigenvalue weighted by Gasteiger charge is 2.16. The third-order valence-corrected chi connectivity index (χ3v) is 3.04. The smallest absolute Gasteiger partial charge is 0.248 e. The molecule has 3 heteroatoms. The van der Waals surface area contributed by atoms with Crippen LogP contribution in [0.3, 0.4) is 0 Å². The number of anilines is 1. The lowest BCUT2D eigenvalue weighted by atomic mass is 10.2. The largest absolute Gasteiger partial charge is 0.490 e. The number of hydrogen-bond acceptors (Lipinski definition) is 2. The van der Waals surface area contributed by atoms with Crippen molar-refractivity contribution in [3.8, 4) is 5.75 Å². The summed E-state index contributed by atoms with van der Waals surface area (Å²) in [7, 11) is 0. The number of allylic oxidation sites excluding steroid dienone is 1. The van der Waals surface area contributed by atoms with Gasteiger partial charge in [0, 0.05) is 5.69 Å². The van der Waals surface area contributed by atoms with Gasteiger partial charge in [-0.2, -0.15) is 0 Å². The van der Waals surface area contributed by atoms with Gasteiger partial charge in [-0.25, -0.2) is 0 Å². The fourth-order valence-electron chi connectivity index (χ4n) is 2.15. The SMILES string of the molecule is CC=CC(=O)Nc1ccc(OC2CCCC2)cc1. The molecule has 1 aliphatic rings. The van der Waals surface area contributed by atoms with Crippen LogP contribution < -0.4 is 10.1 Å². The first-order valence-electron chi connectivity index (χ1n) is 6.48. The van der Waals surface area contributed by atoms with Crippen molar-refractivity contribution in [2.75, 3.05) is 5.32 Å². The Morgan fingerprint density at radius 3 is 2.56 bits per heavy atom. The number of amides is 1. The summed E-state index contributed by atoms with van der Waals surface area (Å²) < 4.78 is 5.86. The Balaban J connectivity index is 1.90. The van der Waals surface area contributed by atoms with Gasteiger partial charge in [0.25, 0.3) is 0 Å². The van der Waals surface area contributed by atoms with Crippen molar-refractivity contribution < 1.29 is 9.53 Å². The molecule has 0 radical (unpaired) electrons. The summed E-state index contributed by atoms with van der Waals surface area (Å²) in [4.78, 5) is 11.3. The first-order chi connectivity index (χ1) is 8.78. The average molecular weight is 245 g/mol. The van der Waals surface area contributed by atoms with Crippen molar-refractivity contribution in [1.82, 2.24) is 0 Å². The summed E-state index contributed by atoms with van der Waals surface area (Å²) in [6.07, 6.45) is 8.42. The minimum Gasteiger partial charge on any atom is -0.490 e. The molecule has 0 saturated heterocycles. The predicted octanol–water partition coefficient (Wildman–Crippen LogP) is 3.52. The van der Waals surface area contributed by atoms with Crippen molar-refractivity contribution >= 4 is 11.6 Å². The number of benzene rings is 1. The van der Waals surface area contributed by atoms with Gasteiger partial charge in [0.2, 0.25) is 5.91 Å². The zero-order valence-electron chi connectivity index (χ0n) is 10.7. The molecule has 1 aliphatic carbocycles. The maximum Gasteiger partial charge on any atom is 0.248 e. The zero-order chi connectivity index (χ0) is 12.8. The average Bonchev–Trinajstić information content (AvgIpc) is 2.85. The second kappa shape index (κ2) is 6.24. The minimum absolute atomic E-state index is 0.109. The minimum atomic E-state index is -0.109. The Morgan fingerprint density at radius 1 is 1.28 bits per heavy atom. The summed E-state index contributed by atoms with van der Waals surface area (Å²) in [6.45, 7) is 1.82. The van der Waals surface area contributed by atoms with E-state index in [4.69, 9.17) is 4.74 Å². The van der Waals surface area contributed by atoms with Crippen LogP contribution in [0.4, 0.5) is 5.69 Å². The normalized spacial score (nSPS) is 16.1. The summed E-state index contributed by atoms with van der Waals surface area (Å²) in [5.74, 6) is 0.771. The third-order valence-electron chi connectivity index (χ3n) is 3.04. The van der Waals surface area contributed by atoms with Gasteiger partial charge in [-0.15, -0.1) is 0 Å². The molecule has 0 atom stereocenters. The van der Waals surface area contributed by atoms with Crippen LogP contribution in [-0.2, 0) is 4.79 Å². The highest BCUT2D eigenvalue weighted by atomic mass is 16.5. The molecule has 0 aromatic heterocycles. The van der Waals surface area contributed by atoms with Crippen LogP contribution in [0.1, 0.15) is 32.6 Å². The van der Waals surface area contributed by atoms with Gasteiger partial charge in [0.05, 0.1) is 6.10 Å². The van der Waals surface area contributed by atoms with Crippen molar-refractivity contribution in [3.05, 3.63) is 36.4 Å². The molecule has 0 heterocycles. The van der Waals surface area contributed by atoms with E-state index in [2.05, 4.69) is 5.32 Å². The first-order valence-corrected chi connectivity index (χ1v) is 6.48. The van der Waals surface area contributed by atoms with E-state index in [9.17, 15) is 4.79 Å². The Kier molecular flexibility index (Phi) is 4.40. The maximum atomic E-state index is 11.3. The standard InChI is InChI=1S/C15H19NO2/c1-2-5-15(17)16-12-8-10-14(11-9-12)18-13-6-3-4-7-13/h2,5,8-11,13H,3-4,6-7H2,1H3,(H,16,17). The van der Waals surface area contributed by atoms with Crippen LogP contribution in [0.15, 0.2) is 36.4 Å². The molecular formula is C15H19NO2. The topological polar surface area (TPSA) is 38.3 Å². The molecule has 1 N–H and O–H groups in total. The lowest BCUT2D eigenvalue weighted by Gasteiger charge is -2.13. The third kappa shape index (κ3) is 3.62. The molecular weight excluding hydrogens is 226 g/mol. The highest BCUT2D eigenvalue weighted by Crippen LogP contribution is 2.24. The molecule has 1 saturated carbocycles. The van der Waals surface area contributed by atoms with E-state index in [0.29, 0.717) is 6.10 Å². The second-order valence-electron chi connectivity index (χ2n) is 4.54. The molecule has 0 unspecified atom stereocenters. The van der Waals surface area contributed by atoms with Crippen LogP contribution in [0.2, 0.25) is 0 Å². The second-order valence-corrected chi connectivity index (χ2v) is 4.54. The summed E-state index contributed by atoms with van der Waals surface area (Å²) >= 11 is 0. The monoisotopic (exact) mass is 245 g/mol. The van der Waals surface area contributed by atoms with Crippen LogP contribution >= 0.6 is 0 Å². The van der Waals surface area contributed by atoms with E-state index < -0.39 is 0 Å². The molecule has 0 aliphatic heterocycles. The molecule has 0 bridgehead atoms. The Bertz CT molecular complexity index is 417. The van der Waals surface area contributed by atoms with E-state index in [1.807, 2.05) is 31.2 Å². The Hall–Kier alpha value is -1.77. The molecule has 1 fully saturated rings. The van der Waals surface area contributed by atoms with Gasteiger partial charge in [-0.3, -0.25) is 4.79 Å². The van der Waals surface area contributed by atoms with E-state index >= 15 is 0 Å². The highest BCUT2D eigenvalue weighted by molar-refractivity contribution is 5.99. The quantitative estimate of drug-likeness (QED) is 0.824. The molecule has 1 aromatic rings. The van der Waals surface area contributed by atoms with Crippen LogP contribution in [0.5, 0.6) is 5.75 Å². The zero-order valence-corrected chi connectivity index (χ0v) is 10.7. The molecule has 1 aromatic carbocycles. The van der Waals surface area contributed by atoms with Gasteiger partial charge in [0.1, 0.15) is 5.75 Å². The van der Waals surface area contributed by atoms with Crippen molar-refractivity contribution in [2.24, 2.45) is 0 Å². The molecule has 1 amide bonds. The number of nitrogens with one attached hydrogen (secondary N) is 1. The lowest BCUT2D eigenvalue weighted by molar-refractivity contribution is -0.111. The van der Waals surface area contributed by atoms with Crippen molar-refractivity contribution in [1.29, 1.82) is 0 Å². The number of carbonyl (C=O) groups excluding carboxylic acids is 1. The lowest BCUT2D eigenvalue weighted by Crippen LogP contribution is -2.11. The Morgan fingerprint density at radius 2 is 1.94 bits per heavy atom. The maximum absolute atomic E-state index is 11.3. The van der Waals surface area contributed by atoms with E-state index in [1.165, 1.54) is 18.9 Å². The van der Waals surface area contributed by atoms with Gasteiger partial charge >= 0.3 is 0 Å². The summed E-state index contributed by atoms with van der Waals surface area (Å²) in [5.41, 5.74) is 0.789. The van der Waals surface area contributed by atoms with E-state index in [1.54, 1.807) is 6.08 Å². The number of hydrogen-bond donors (Lipinski definition) is 1. The van der Waals surface area contributed by atoms with E-state index in [0.717, 1.165) is 24.3 Å². The molecule has 96 valence electrons. The number of ether oxygens (including phenoxy) is 1. The fourth-order valence-corrected chi connectivity index (χ4v) is 2.15. The molecule has 2 rings (SSSR count).